The Morgan fingerprint density at radius 3 is 0.484 bits per heavy atom. The first kappa shape index (κ1) is 76.8. The Morgan fingerprint density at radius 2 is 0.230 bits per heavy atom. The smallest absolute Gasteiger partial charge is 0.164 e. The van der Waals surface area contributed by atoms with Gasteiger partial charge < -0.3 is 0 Å². The molecule has 0 aliphatic heterocycles. The van der Waals surface area contributed by atoms with E-state index < -0.39 is 0 Å². The van der Waals surface area contributed by atoms with Gasteiger partial charge >= 0.3 is 0 Å². The third kappa shape index (κ3) is 16.5. The lowest BCUT2D eigenvalue weighted by molar-refractivity contribution is 1.07. The number of aromatic nitrogens is 3. The van der Waals surface area contributed by atoms with Gasteiger partial charge in [0.05, 0.1) is 0 Å². The fourth-order valence-corrected chi connectivity index (χ4v) is 17.6. The topological polar surface area (TPSA) is 38.7 Å². The van der Waals surface area contributed by atoms with Gasteiger partial charge in [0.1, 0.15) is 0 Å². The standard InChI is InChI=1S/C123H83N3/c1-9-33-84(34-10-1)92-49-27-53-96(65-92)111-77-112(97-54-28-50-93(66-97)85-35-11-2-12-36-85)80-115(79-111)117-61-25-26-62-118(117)119-64-63-104(83-120(119)116-81-113(98-55-29-51-94(67-98)86-37-13-3-14-38-86)78-114(82-116)99-56-30-52-95(68-99)87-39-15-4-16-40-87)123-125-121(102-59-31-57-100(69-102)109-73-105(88-41-17-5-18-42-88)71-106(74-109)89-43-19-6-20-44-89)124-122(126-123)103-60-32-58-101(70-103)110-75-107(90-45-21-7-22-46-90)72-108(76-110)91-47-23-8-24-48-91/h1-83H. The third-order valence-corrected chi connectivity index (χ3v) is 24.0. The van der Waals surface area contributed by atoms with Crippen molar-refractivity contribution in [2.75, 3.05) is 0 Å². The minimum atomic E-state index is 0.525. The monoisotopic (exact) mass is 1600 g/mol. The fourth-order valence-electron chi connectivity index (χ4n) is 17.6. The van der Waals surface area contributed by atoms with Crippen molar-refractivity contribution in [2.45, 2.75) is 0 Å². The maximum atomic E-state index is 5.75. The van der Waals surface area contributed by atoms with Crippen molar-refractivity contribution in [3.8, 4) is 223 Å². The first-order valence-corrected chi connectivity index (χ1v) is 43.0. The Balaban J connectivity index is 0.797. The van der Waals surface area contributed by atoms with Crippen molar-refractivity contribution < 1.29 is 0 Å². The third-order valence-electron chi connectivity index (χ3n) is 24.0. The largest absolute Gasteiger partial charge is 0.208 e. The van der Waals surface area contributed by atoms with Gasteiger partial charge in [0.2, 0.25) is 0 Å². The number of hydrogen-bond acceptors (Lipinski definition) is 3. The van der Waals surface area contributed by atoms with Crippen LogP contribution in [0.25, 0.3) is 223 Å². The second-order valence-corrected chi connectivity index (χ2v) is 32.2. The molecule has 20 aromatic carbocycles. The number of hydrogen-bond donors (Lipinski definition) is 0. The van der Waals surface area contributed by atoms with Crippen LogP contribution in [0, 0.1) is 0 Å². The zero-order valence-electron chi connectivity index (χ0n) is 69.3. The van der Waals surface area contributed by atoms with Gasteiger partial charge in [0.25, 0.3) is 0 Å². The summed E-state index contributed by atoms with van der Waals surface area (Å²) in [6, 6.07) is 183. The van der Waals surface area contributed by atoms with E-state index in [0.717, 1.165) is 206 Å². The van der Waals surface area contributed by atoms with Gasteiger partial charge in [-0.15, -0.1) is 0 Å². The summed E-state index contributed by atoms with van der Waals surface area (Å²) in [7, 11) is 0. The molecule has 0 N–H and O–H groups in total. The zero-order valence-corrected chi connectivity index (χ0v) is 69.3. The van der Waals surface area contributed by atoms with Crippen molar-refractivity contribution in [1.82, 2.24) is 15.0 Å². The van der Waals surface area contributed by atoms with E-state index in [2.05, 4.69) is 504 Å². The molecule has 3 heteroatoms. The lowest BCUT2D eigenvalue weighted by Gasteiger charge is -2.19. The van der Waals surface area contributed by atoms with Crippen LogP contribution >= 0.6 is 0 Å². The van der Waals surface area contributed by atoms with Gasteiger partial charge in [-0.05, 0) is 304 Å². The molecule has 590 valence electrons. The average Bonchev–Trinajstić information content (AvgIpc) is 0.753. The van der Waals surface area contributed by atoms with E-state index in [-0.39, 0.29) is 0 Å². The SMILES string of the molecule is c1ccc(-c2cccc(-c3cc(-c4cccc(-c5ccccc5)c4)cc(-c4ccccc4-c4ccc(-c5nc(-c6cccc(-c7cc(-c8ccccc8)cc(-c8ccccc8)c7)c6)nc(-c6cccc(-c7cc(-c8ccccc8)cc(-c8ccccc8)c7)c6)n5)cc4-c4cc(-c5cccc(-c6ccccc6)c5)cc(-c5cccc(-c6ccccc6)c5)c4)c3)c2)cc1. The molecule has 1 heterocycles. The van der Waals surface area contributed by atoms with Crippen LogP contribution in [-0.4, -0.2) is 15.0 Å². The molecule has 1 aromatic heterocycles. The van der Waals surface area contributed by atoms with Crippen LogP contribution in [0.4, 0.5) is 0 Å². The Labute approximate surface area is 736 Å². The molecule has 0 spiro atoms. The summed E-state index contributed by atoms with van der Waals surface area (Å²) in [5.74, 6) is 1.61. The summed E-state index contributed by atoms with van der Waals surface area (Å²) in [6.07, 6.45) is 0. The van der Waals surface area contributed by atoms with Gasteiger partial charge in [-0.1, -0.05) is 388 Å². The molecule has 0 aliphatic carbocycles. The highest BCUT2D eigenvalue weighted by atomic mass is 15.0. The number of nitrogens with zero attached hydrogens (tertiary/aromatic N) is 3. The first-order valence-electron chi connectivity index (χ1n) is 43.0. The molecule has 0 atom stereocenters. The lowest BCUT2D eigenvalue weighted by atomic mass is 9.85. The molecule has 0 amide bonds. The molecule has 21 aromatic rings. The van der Waals surface area contributed by atoms with Crippen LogP contribution < -0.4 is 0 Å². The highest BCUT2D eigenvalue weighted by molar-refractivity contribution is 5.98. The molecule has 0 aliphatic rings. The average molecular weight is 1600 g/mol. The normalized spacial score (nSPS) is 11.2. The quantitative estimate of drug-likeness (QED) is 0.0763. The van der Waals surface area contributed by atoms with E-state index >= 15 is 0 Å². The Kier molecular flexibility index (Phi) is 21.2. The van der Waals surface area contributed by atoms with Gasteiger partial charge in [0, 0.05) is 16.7 Å². The Hall–Kier alpha value is -16.6. The maximum Gasteiger partial charge on any atom is 0.164 e. The molecule has 126 heavy (non-hydrogen) atoms. The van der Waals surface area contributed by atoms with Crippen molar-refractivity contribution >= 4 is 0 Å². The van der Waals surface area contributed by atoms with Gasteiger partial charge in [-0.25, -0.2) is 15.0 Å². The predicted molar refractivity (Wildman–Crippen MR) is 529 cm³/mol. The highest BCUT2D eigenvalue weighted by Crippen LogP contribution is 2.47. The van der Waals surface area contributed by atoms with E-state index in [1.165, 1.54) is 0 Å². The number of rotatable bonds is 20. The molecule has 0 saturated heterocycles. The zero-order chi connectivity index (χ0) is 83.9. The molecule has 0 radical (unpaired) electrons. The summed E-state index contributed by atoms with van der Waals surface area (Å²) in [6.45, 7) is 0. The van der Waals surface area contributed by atoms with Gasteiger partial charge in [-0.3, -0.25) is 0 Å². The number of benzene rings is 20. The van der Waals surface area contributed by atoms with Crippen LogP contribution in [-0.2, 0) is 0 Å². The van der Waals surface area contributed by atoms with Crippen molar-refractivity contribution in [3.05, 3.63) is 504 Å². The second kappa shape index (κ2) is 34.9. The molecule has 0 bridgehead atoms. The van der Waals surface area contributed by atoms with Crippen LogP contribution in [0.15, 0.2) is 504 Å². The minimum Gasteiger partial charge on any atom is -0.208 e. The van der Waals surface area contributed by atoms with E-state index in [0.29, 0.717) is 17.5 Å². The van der Waals surface area contributed by atoms with Crippen molar-refractivity contribution in [1.29, 1.82) is 0 Å². The van der Waals surface area contributed by atoms with Crippen molar-refractivity contribution in [3.63, 3.8) is 0 Å². The van der Waals surface area contributed by atoms with Crippen LogP contribution in [0.3, 0.4) is 0 Å². The summed E-state index contributed by atoms with van der Waals surface area (Å²) in [4.78, 5) is 17.1. The van der Waals surface area contributed by atoms with Crippen LogP contribution in [0.2, 0.25) is 0 Å². The second-order valence-electron chi connectivity index (χ2n) is 32.2. The minimum absolute atomic E-state index is 0.525. The maximum absolute atomic E-state index is 5.75. The van der Waals surface area contributed by atoms with E-state index in [9.17, 15) is 0 Å². The summed E-state index contributed by atoms with van der Waals surface area (Å²) < 4.78 is 0. The molecular formula is C123H83N3. The Morgan fingerprint density at radius 1 is 0.0794 bits per heavy atom. The summed E-state index contributed by atoms with van der Waals surface area (Å²) >= 11 is 0. The fraction of sp³-hybridized carbons (Fsp3) is 0. The van der Waals surface area contributed by atoms with Crippen LogP contribution in [0.5, 0.6) is 0 Å². The van der Waals surface area contributed by atoms with E-state index in [1.807, 2.05) is 0 Å². The first-order chi connectivity index (χ1) is 62.4. The molecular weight excluding hydrogens is 1520 g/mol. The van der Waals surface area contributed by atoms with E-state index in [4.69, 9.17) is 15.0 Å². The summed E-state index contributed by atoms with van der Waals surface area (Å²) in [5, 5.41) is 0. The molecule has 3 nitrogen and oxygen atoms in total. The predicted octanol–water partition coefficient (Wildman–Crippen LogP) is 33.2. The van der Waals surface area contributed by atoms with Crippen molar-refractivity contribution in [2.24, 2.45) is 0 Å². The van der Waals surface area contributed by atoms with E-state index in [1.54, 1.807) is 0 Å². The van der Waals surface area contributed by atoms with Gasteiger partial charge in [0.15, 0.2) is 17.5 Å². The highest BCUT2D eigenvalue weighted by Gasteiger charge is 2.23. The lowest BCUT2D eigenvalue weighted by Crippen LogP contribution is -2.01. The van der Waals surface area contributed by atoms with Gasteiger partial charge in [-0.2, -0.15) is 0 Å². The van der Waals surface area contributed by atoms with Crippen LogP contribution in [0.1, 0.15) is 0 Å². The molecule has 0 fully saturated rings. The summed E-state index contributed by atoms with van der Waals surface area (Å²) in [5.41, 5.74) is 40.1. The molecule has 21 rings (SSSR count). The molecule has 0 saturated carbocycles. The Bertz CT molecular complexity index is 7010. The molecule has 0 unspecified atom stereocenters.